The zero-order chi connectivity index (χ0) is 33.5. The Balaban J connectivity index is 1.47. The van der Waals surface area contributed by atoms with Gasteiger partial charge in [0.15, 0.2) is 0 Å². The Bertz CT molecular complexity index is 1740. The van der Waals surface area contributed by atoms with Crippen LogP contribution >= 0.6 is 0 Å². The molecule has 0 aromatic heterocycles. The Morgan fingerprint density at radius 3 is 1.33 bits per heavy atom. The topological polar surface area (TPSA) is 0 Å². The van der Waals surface area contributed by atoms with Gasteiger partial charge >= 0.3 is 299 Å². The number of allylic oxidation sites excluding steroid dienone is 2. The molecule has 3 aliphatic rings. The first-order valence-corrected chi connectivity index (χ1v) is 32.9. The van der Waals surface area contributed by atoms with Gasteiger partial charge in [-0.25, -0.2) is 0 Å². The summed E-state index contributed by atoms with van der Waals surface area (Å²) in [6.45, 7) is 9.34. The Morgan fingerprint density at radius 2 is 0.917 bits per heavy atom. The SMILES string of the molecule is CCCCCC[Si]1(CCCCCC)C2=Cc3c(-c4ccccc4C)cccc3[CH]2[Hf]([CH3])([CH3])[CH]2C1=Cc1c(-c3ccccc3C)cccc12. The van der Waals surface area contributed by atoms with Gasteiger partial charge in [-0.1, -0.05) is 0 Å². The summed E-state index contributed by atoms with van der Waals surface area (Å²) in [5, 5.41) is 3.93. The van der Waals surface area contributed by atoms with Gasteiger partial charge in [-0.05, 0) is 0 Å². The third-order valence-corrected chi connectivity index (χ3v) is 35.2. The van der Waals surface area contributed by atoms with Crippen LogP contribution in [-0.2, 0) is 20.0 Å². The van der Waals surface area contributed by atoms with Crippen LogP contribution in [0.4, 0.5) is 0 Å². The van der Waals surface area contributed by atoms with E-state index < -0.39 is 28.0 Å². The molecule has 1 saturated heterocycles. The Kier molecular flexibility index (Phi) is 9.89. The molecule has 0 nitrogen and oxygen atoms in total. The number of aryl methyl sites for hydroxylation is 2. The van der Waals surface area contributed by atoms with Crippen molar-refractivity contribution in [2.24, 2.45) is 0 Å². The molecule has 2 heteroatoms. The molecule has 248 valence electrons. The van der Waals surface area contributed by atoms with Crippen LogP contribution in [-0.4, -0.2) is 8.07 Å². The molecule has 2 atom stereocenters. The van der Waals surface area contributed by atoms with Crippen LogP contribution in [0.3, 0.4) is 0 Å². The molecule has 1 fully saturated rings. The van der Waals surface area contributed by atoms with Crippen LogP contribution in [0.15, 0.2) is 95.3 Å². The van der Waals surface area contributed by atoms with Gasteiger partial charge in [0.1, 0.15) is 0 Å². The van der Waals surface area contributed by atoms with Crippen molar-refractivity contribution in [2.45, 2.75) is 108 Å². The molecular weight excluding hydrogens is 759 g/mol. The first-order chi connectivity index (χ1) is 23.3. The number of fused-ring (bicyclic) bond motifs is 6. The first kappa shape index (κ1) is 33.9. The minimum atomic E-state index is -3.13. The predicted octanol–water partition coefficient (Wildman–Crippen LogP) is 14.2. The summed E-state index contributed by atoms with van der Waals surface area (Å²) in [5.74, 6) is 0. The molecule has 4 aromatic carbocycles. The molecule has 0 spiro atoms. The predicted molar refractivity (Wildman–Crippen MR) is 210 cm³/mol. The van der Waals surface area contributed by atoms with E-state index in [1.165, 1.54) is 96.8 Å². The van der Waals surface area contributed by atoms with Crippen molar-refractivity contribution >= 4 is 20.2 Å². The average molecular weight is 816 g/mol. The number of unbranched alkanes of at least 4 members (excludes halogenated alkanes) is 6. The Morgan fingerprint density at radius 1 is 0.500 bits per heavy atom. The molecule has 7 rings (SSSR count). The molecule has 0 bridgehead atoms. The fourth-order valence-electron chi connectivity index (χ4n) is 10.2. The van der Waals surface area contributed by atoms with E-state index in [-0.39, 0.29) is 0 Å². The van der Waals surface area contributed by atoms with Gasteiger partial charge in [-0.3, -0.25) is 0 Å². The number of rotatable bonds is 12. The fraction of sp³-hybridized carbons (Fsp3) is 0.391. The zero-order valence-electron chi connectivity index (χ0n) is 30.5. The van der Waals surface area contributed by atoms with Crippen molar-refractivity contribution in [3.8, 4) is 22.3 Å². The molecule has 4 aromatic rings. The maximum atomic E-state index is 2.85. The monoisotopic (exact) mass is 816 g/mol. The molecule has 2 aliphatic carbocycles. The van der Waals surface area contributed by atoms with Crippen LogP contribution in [0, 0.1) is 13.8 Å². The fourth-order valence-corrected chi connectivity index (χ4v) is 43.1. The molecule has 0 saturated carbocycles. The van der Waals surface area contributed by atoms with Gasteiger partial charge in [0, 0.05) is 0 Å². The summed E-state index contributed by atoms with van der Waals surface area (Å²) >= 11 is -3.13. The van der Waals surface area contributed by atoms with Crippen molar-refractivity contribution in [3.05, 3.63) is 129 Å². The summed E-state index contributed by atoms with van der Waals surface area (Å²) in [6.07, 6.45) is 16.6. The molecule has 0 radical (unpaired) electrons. The third-order valence-electron chi connectivity index (χ3n) is 12.5. The molecule has 2 unspecified atom stereocenters. The quantitative estimate of drug-likeness (QED) is 0.0987. The molecule has 0 N–H and O–H groups in total. The van der Waals surface area contributed by atoms with Crippen LogP contribution in [0.5, 0.6) is 0 Å². The van der Waals surface area contributed by atoms with E-state index in [9.17, 15) is 0 Å². The van der Waals surface area contributed by atoms with Gasteiger partial charge in [0.25, 0.3) is 0 Å². The summed E-state index contributed by atoms with van der Waals surface area (Å²) in [7, 11) is -2.02. The van der Waals surface area contributed by atoms with Crippen molar-refractivity contribution in [1.82, 2.24) is 0 Å². The van der Waals surface area contributed by atoms with Crippen molar-refractivity contribution in [1.29, 1.82) is 0 Å². The van der Waals surface area contributed by atoms with Gasteiger partial charge in [-0.15, -0.1) is 0 Å². The summed E-state index contributed by atoms with van der Waals surface area (Å²) in [6, 6.07) is 35.8. The molecule has 0 amide bonds. The van der Waals surface area contributed by atoms with Crippen LogP contribution in [0.1, 0.15) is 106 Å². The maximum absolute atomic E-state index is 3.13. The average Bonchev–Trinajstić information content (AvgIpc) is 3.70. The van der Waals surface area contributed by atoms with Crippen molar-refractivity contribution in [3.63, 3.8) is 0 Å². The normalized spacial score (nSPS) is 19.6. The summed E-state index contributed by atoms with van der Waals surface area (Å²) < 4.78 is 7.08. The summed E-state index contributed by atoms with van der Waals surface area (Å²) in [4.78, 5) is 0. The van der Waals surface area contributed by atoms with E-state index >= 15 is 0 Å². The zero-order valence-corrected chi connectivity index (χ0v) is 35.1. The van der Waals surface area contributed by atoms with Gasteiger partial charge < -0.3 is 0 Å². The van der Waals surface area contributed by atoms with E-state index in [0.29, 0.717) is 7.35 Å². The van der Waals surface area contributed by atoms with E-state index in [1.807, 2.05) is 10.4 Å². The van der Waals surface area contributed by atoms with Crippen LogP contribution in [0.2, 0.25) is 21.4 Å². The van der Waals surface area contributed by atoms with E-state index in [0.717, 1.165) is 0 Å². The van der Waals surface area contributed by atoms with E-state index in [1.54, 1.807) is 22.3 Å². The van der Waals surface area contributed by atoms with Crippen molar-refractivity contribution < 1.29 is 20.0 Å². The number of hydrogen-bond donors (Lipinski definition) is 0. The van der Waals surface area contributed by atoms with Crippen molar-refractivity contribution in [2.75, 3.05) is 0 Å². The second kappa shape index (κ2) is 14.0. The Hall–Kier alpha value is -2.55. The first-order valence-electron chi connectivity index (χ1n) is 19.2. The van der Waals surface area contributed by atoms with Gasteiger partial charge in [0.2, 0.25) is 0 Å². The molecule has 1 heterocycles. The number of hydrogen-bond acceptors (Lipinski definition) is 0. The van der Waals surface area contributed by atoms with Gasteiger partial charge in [-0.2, -0.15) is 0 Å². The molecular formula is C46H56HfSi. The second-order valence-corrected chi connectivity index (χ2v) is 37.4. The van der Waals surface area contributed by atoms with Crippen LogP contribution in [0.25, 0.3) is 34.4 Å². The molecule has 48 heavy (non-hydrogen) atoms. The van der Waals surface area contributed by atoms with E-state index in [2.05, 4.69) is 134 Å². The third kappa shape index (κ3) is 5.68. The van der Waals surface area contributed by atoms with Crippen LogP contribution < -0.4 is 0 Å². The number of benzene rings is 4. The molecule has 1 aliphatic heterocycles. The minimum absolute atomic E-state index is 0.690. The van der Waals surface area contributed by atoms with Gasteiger partial charge in [0.05, 0.1) is 0 Å². The standard InChI is InChI=1S/C44H50Si.2CH3.Hf/c1-5-7-9-15-27-45(28-16-10-8-6-2,37-29-35-21-17-25-41(43(35)31-37)39-23-13-11-19-33(39)3)38-30-36-22-18-26-42(44(36)32-38)40-24-14-12-20-34(40)4;;;/h11-14,17-26,29-32H,5-10,15-16,27-28H2,1-4H3;2*1H3;. The second-order valence-electron chi connectivity index (χ2n) is 15.8. The Labute approximate surface area is 297 Å². The van der Waals surface area contributed by atoms with E-state index in [4.69, 9.17) is 0 Å². The summed E-state index contributed by atoms with van der Waals surface area (Å²) in [5.41, 5.74) is 15.1.